The number of carbonyl (C=O) groups excluding carboxylic acids is 2. The molecular weight excluding hydrogens is 370 g/mol. The molecule has 0 saturated heterocycles. The highest BCUT2D eigenvalue weighted by Crippen LogP contribution is 2.38. The molecule has 154 valence electrons. The number of carbonyl (C=O) groups is 2. The van der Waals surface area contributed by atoms with Crippen molar-refractivity contribution < 1.29 is 19.2 Å². The van der Waals surface area contributed by atoms with E-state index in [0.717, 1.165) is 22.3 Å². The minimum atomic E-state index is -0.406. The number of nitrogens with zero attached hydrogens (tertiary/aromatic N) is 1. The van der Waals surface area contributed by atoms with Gasteiger partial charge in [0.1, 0.15) is 0 Å². The monoisotopic (exact) mass is 397 g/mol. The fourth-order valence-electron chi connectivity index (χ4n) is 3.18. The second kappa shape index (κ2) is 9.96. The van der Waals surface area contributed by atoms with Crippen LogP contribution in [0, 0.1) is 16.0 Å². The van der Waals surface area contributed by atoms with Gasteiger partial charge in [-0.05, 0) is 46.7 Å². The minimum absolute atomic E-state index is 0.0645. The number of rotatable bonds is 7. The summed E-state index contributed by atoms with van der Waals surface area (Å²) in [4.78, 5) is 34.6. The SMILES string of the molecule is CC.CC(C)COC(=O)CCC(=O)c1ccc2c(c1)Cc1cc([N+](=O)[O-])ccc1-2. The molecule has 1 aliphatic rings. The fraction of sp³-hybridized carbons (Fsp3) is 0.391. The van der Waals surface area contributed by atoms with Gasteiger partial charge in [-0.1, -0.05) is 39.8 Å². The van der Waals surface area contributed by atoms with E-state index in [2.05, 4.69) is 0 Å². The summed E-state index contributed by atoms with van der Waals surface area (Å²) in [5, 5.41) is 11.0. The zero-order valence-electron chi connectivity index (χ0n) is 17.4. The summed E-state index contributed by atoms with van der Waals surface area (Å²) < 4.78 is 5.09. The predicted molar refractivity (Wildman–Crippen MR) is 112 cm³/mol. The van der Waals surface area contributed by atoms with Crippen molar-refractivity contribution >= 4 is 17.4 Å². The van der Waals surface area contributed by atoms with Crippen LogP contribution in [0.4, 0.5) is 5.69 Å². The number of hydrogen-bond acceptors (Lipinski definition) is 5. The molecule has 3 rings (SSSR count). The highest BCUT2D eigenvalue weighted by Gasteiger charge is 2.22. The maximum absolute atomic E-state index is 12.4. The molecule has 0 N–H and O–H groups in total. The topological polar surface area (TPSA) is 86.5 Å². The van der Waals surface area contributed by atoms with Crippen LogP contribution >= 0.6 is 0 Å². The van der Waals surface area contributed by atoms with Crippen LogP contribution in [0.5, 0.6) is 0 Å². The van der Waals surface area contributed by atoms with E-state index in [0.29, 0.717) is 18.6 Å². The van der Waals surface area contributed by atoms with E-state index in [9.17, 15) is 19.7 Å². The van der Waals surface area contributed by atoms with Crippen molar-refractivity contribution in [2.45, 2.75) is 47.0 Å². The summed E-state index contributed by atoms with van der Waals surface area (Å²) in [6.45, 7) is 8.27. The quantitative estimate of drug-likeness (QED) is 0.232. The van der Waals surface area contributed by atoms with Crippen molar-refractivity contribution in [3.05, 3.63) is 63.2 Å². The molecule has 2 aromatic rings. The Bertz CT molecular complexity index is 917. The van der Waals surface area contributed by atoms with Gasteiger partial charge in [0.25, 0.3) is 5.69 Å². The molecular formula is C23H27NO5. The summed E-state index contributed by atoms with van der Waals surface area (Å²) >= 11 is 0. The Morgan fingerprint density at radius 1 is 1.03 bits per heavy atom. The third kappa shape index (κ3) is 5.50. The van der Waals surface area contributed by atoms with Crippen LogP contribution in [-0.2, 0) is 16.0 Å². The Balaban J connectivity index is 0.00000145. The molecule has 0 heterocycles. The molecule has 2 aromatic carbocycles. The summed E-state index contributed by atoms with van der Waals surface area (Å²) in [6.07, 6.45) is 0.729. The fourth-order valence-corrected chi connectivity index (χ4v) is 3.18. The molecule has 1 aliphatic carbocycles. The highest BCUT2D eigenvalue weighted by atomic mass is 16.6. The van der Waals surface area contributed by atoms with E-state index in [-0.39, 0.29) is 36.2 Å². The average Bonchev–Trinajstić information content (AvgIpc) is 3.08. The first-order chi connectivity index (χ1) is 13.8. The number of non-ortho nitro benzene ring substituents is 1. The zero-order chi connectivity index (χ0) is 21.6. The smallest absolute Gasteiger partial charge is 0.306 e. The normalized spacial score (nSPS) is 11.2. The van der Waals surface area contributed by atoms with Gasteiger partial charge in [-0.15, -0.1) is 0 Å². The summed E-state index contributed by atoms with van der Waals surface area (Å²) in [5.41, 5.74) is 4.44. The van der Waals surface area contributed by atoms with Gasteiger partial charge in [0.05, 0.1) is 18.0 Å². The van der Waals surface area contributed by atoms with Crippen LogP contribution in [0.25, 0.3) is 11.1 Å². The van der Waals surface area contributed by atoms with Gasteiger partial charge in [0.15, 0.2) is 5.78 Å². The number of esters is 1. The molecule has 0 fully saturated rings. The molecule has 0 unspecified atom stereocenters. The molecule has 6 heteroatoms. The number of nitro groups is 1. The van der Waals surface area contributed by atoms with Gasteiger partial charge >= 0.3 is 5.97 Å². The Morgan fingerprint density at radius 3 is 2.28 bits per heavy atom. The average molecular weight is 397 g/mol. The van der Waals surface area contributed by atoms with Crippen molar-refractivity contribution in [3.8, 4) is 11.1 Å². The van der Waals surface area contributed by atoms with Crippen molar-refractivity contribution in [1.82, 2.24) is 0 Å². The standard InChI is InChI=1S/C21H21NO5.C2H6/c1-13(2)12-27-21(24)8-7-20(23)14-3-5-18-15(9-14)10-16-11-17(22(25)26)4-6-19(16)18;1-2/h3-6,9,11,13H,7-8,10,12H2,1-2H3;1-2H3. The molecule has 0 aromatic heterocycles. The van der Waals surface area contributed by atoms with Crippen molar-refractivity contribution in [2.24, 2.45) is 5.92 Å². The van der Waals surface area contributed by atoms with Gasteiger partial charge in [-0.2, -0.15) is 0 Å². The molecule has 0 aliphatic heterocycles. The molecule has 0 amide bonds. The molecule has 0 atom stereocenters. The van der Waals surface area contributed by atoms with Crippen molar-refractivity contribution in [1.29, 1.82) is 0 Å². The van der Waals surface area contributed by atoms with Gasteiger partial charge in [-0.3, -0.25) is 19.7 Å². The summed E-state index contributed by atoms with van der Waals surface area (Å²) in [5.74, 6) is -0.210. The van der Waals surface area contributed by atoms with E-state index in [4.69, 9.17) is 4.74 Å². The van der Waals surface area contributed by atoms with Gasteiger partial charge in [-0.25, -0.2) is 0 Å². The Hall–Kier alpha value is -3.02. The van der Waals surface area contributed by atoms with E-state index < -0.39 is 4.92 Å². The highest BCUT2D eigenvalue weighted by molar-refractivity contribution is 5.98. The summed E-state index contributed by atoms with van der Waals surface area (Å²) in [6, 6.07) is 10.3. The van der Waals surface area contributed by atoms with Crippen molar-refractivity contribution in [2.75, 3.05) is 6.61 Å². The van der Waals surface area contributed by atoms with Gasteiger partial charge in [0.2, 0.25) is 0 Å². The van der Waals surface area contributed by atoms with Crippen LogP contribution < -0.4 is 0 Å². The molecule has 0 bridgehead atoms. The number of Topliss-reactive ketones (excluding diaryl/α,β-unsaturated/α-hetero) is 1. The molecule has 0 radical (unpaired) electrons. The Labute approximate surface area is 171 Å². The van der Waals surface area contributed by atoms with Crippen molar-refractivity contribution in [3.63, 3.8) is 0 Å². The Kier molecular flexibility index (Phi) is 7.65. The van der Waals surface area contributed by atoms with Crippen LogP contribution in [0.2, 0.25) is 0 Å². The summed E-state index contributed by atoms with van der Waals surface area (Å²) in [7, 11) is 0. The lowest BCUT2D eigenvalue weighted by molar-refractivity contribution is -0.384. The maximum Gasteiger partial charge on any atom is 0.306 e. The predicted octanol–water partition coefficient (Wildman–Crippen LogP) is 5.35. The third-order valence-electron chi connectivity index (χ3n) is 4.53. The lowest BCUT2D eigenvalue weighted by Crippen LogP contribution is -2.11. The first-order valence-corrected chi connectivity index (χ1v) is 9.94. The van der Waals surface area contributed by atoms with Crippen LogP contribution in [0.1, 0.15) is 62.0 Å². The lowest BCUT2D eigenvalue weighted by Gasteiger charge is -2.07. The maximum atomic E-state index is 12.4. The number of fused-ring (bicyclic) bond motifs is 3. The van der Waals surface area contributed by atoms with E-state index in [1.54, 1.807) is 18.2 Å². The number of nitro benzene ring substituents is 1. The number of ketones is 1. The third-order valence-corrected chi connectivity index (χ3v) is 4.53. The van der Waals surface area contributed by atoms with E-state index >= 15 is 0 Å². The molecule has 29 heavy (non-hydrogen) atoms. The Morgan fingerprint density at radius 2 is 1.66 bits per heavy atom. The van der Waals surface area contributed by atoms with Gasteiger partial charge < -0.3 is 4.74 Å². The molecule has 0 spiro atoms. The zero-order valence-corrected chi connectivity index (χ0v) is 17.4. The first kappa shape index (κ1) is 22.3. The van der Waals surface area contributed by atoms with E-state index in [1.807, 2.05) is 39.8 Å². The second-order valence-corrected chi connectivity index (χ2v) is 7.15. The molecule has 0 saturated carbocycles. The van der Waals surface area contributed by atoms with E-state index in [1.165, 1.54) is 6.07 Å². The van der Waals surface area contributed by atoms with Gasteiger partial charge in [0, 0.05) is 24.1 Å². The largest absolute Gasteiger partial charge is 0.465 e. The molecule has 6 nitrogen and oxygen atoms in total. The number of benzene rings is 2. The lowest BCUT2D eigenvalue weighted by atomic mass is 10.00. The second-order valence-electron chi connectivity index (χ2n) is 7.15. The number of ether oxygens (including phenoxy) is 1. The van der Waals surface area contributed by atoms with Crippen LogP contribution in [0.15, 0.2) is 36.4 Å². The first-order valence-electron chi connectivity index (χ1n) is 9.94. The minimum Gasteiger partial charge on any atom is -0.465 e. The van der Waals surface area contributed by atoms with Crippen LogP contribution in [0.3, 0.4) is 0 Å². The number of hydrogen-bond donors (Lipinski definition) is 0. The van der Waals surface area contributed by atoms with Crippen LogP contribution in [-0.4, -0.2) is 23.3 Å².